The molecule has 0 unspecified atom stereocenters. The van der Waals surface area contributed by atoms with Crippen LogP contribution in [0.15, 0.2) is 122 Å². The zero-order valence-electron chi connectivity index (χ0n) is 74.3. The first kappa shape index (κ1) is 87.6. The first-order chi connectivity index (χ1) is 48.8. The van der Waals surface area contributed by atoms with Gasteiger partial charge in [0.25, 0.3) is 0 Å². The third-order valence-corrected chi connectivity index (χ3v) is 30.8. The Morgan fingerprint density at radius 2 is 0.708 bits per heavy atom. The largest absolute Gasteiger partial charge is 0.212 e. The van der Waals surface area contributed by atoms with Crippen LogP contribution in [0, 0.1) is 63.2 Å². The zero-order chi connectivity index (χ0) is 79.3. The Labute approximate surface area is 655 Å². The Morgan fingerprint density at radius 1 is 0.368 bits per heavy atom. The van der Waals surface area contributed by atoms with Gasteiger partial charge >= 0.3 is 0 Å². The van der Waals surface area contributed by atoms with E-state index in [0.717, 1.165) is 31.1 Å². The quantitative estimate of drug-likeness (QED) is 0.0638. The minimum atomic E-state index is -1.44. The molecule has 0 saturated heterocycles. The summed E-state index contributed by atoms with van der Waals surface area (Å²) in [6.45, 7) is 71.0. The number of aryl methyl sites for hydroxylation is 9. The molecule has 4 aromatic heterocycles. The highest BCUT2D eigenvalue weighted by Gasteiger charge is 2.34. The minimum Gasteiger partial charge on any atom is -0.201 e. The number of hydrogen-bond donors (Lipinski definition) is 0. The van der Waals surface area contributed by atoms with E-state index < -0.39 is 32.3 Å². The van der Waals surface area contributed by atoms with Crippen LogP contribution in [0.3, 0.4) is 0 Å². The summed E-state index contributed by atoms with van der Waals surface area (Å²) in [7, 11) is 3.22. The van der Waals surface area contributed by atoms with E-state index in [1.807, 2.05) is 0 Å². The van der Waals surface area contributed by atoms with Crippen LogP contribution in [0.2, 0.25) is 78.6 Å². The van der Waals surface area contributed by atoms with Gasteiger partial charge < -0.3 is 0 Å². The fourth-order valence-corrected chi connectivity index (χ4v) is 23.6. The molecule has 2 saturated carbocycles. The van der Waals surface area contributed by atoms with Gasteiger partial charge in [-0.3, -0.25) is 0 Å². The highest BCUT2D eigenvalue weighted by atomic mass is 28.3. The molecule has 2 fully saturated rings. The molecule has 8 aromatic rings. The van der Waals surface area contributed by atoms with Gasteiger partial charge in [0.2, 0.25) is 22.8 Å². The van der Waals surface area contributed by atoms with Crippen LogP contribution in [-0.2, 0) is 65.7 Å². The molecule has 10 rings (SSSR count). The summed E-state index contributed by atoms with van der Waals surface area (Å²) in [6.07, 6.45) is 27.1. The number of benzene rings is 4. The van der Waals surface area contributed by atoms with Gasteiger partial charge in [-0.2, -0.15) is 0 Å². The van der Waals surface area contributed by atoms with Gasteiger partial charge in [0.05, 0.1) is 32.3 Å². The Bertz CT molecular complexity index is 4310. The van der Waals surface area contributed by atoms with E-state index >= 15 is 0 Å². The number of pyridine rings is 4. The average Bonchev–Trinajstić information content (AvgIpc) is 0.842. The van der Waals surface area contributed by atoms with Crippen molar-refractivity contribution in [1.82, 2.24) is 0 Å². The van der Waals surface area contributed by atoms with Crippen LogP contribution >= 0.6 is 0 Å². The van der Waals surface area contributed by atoms with Crippen LogP contribution in [0.4, 0.5) is 0 Å². The molecule has 2 aliphatic carbocycles. The summed E-state index contributed by atoms with van der Waals surface area (Å²) < 4.78 is 9.44. The van der Waals surface area contributed by atoms with Gasteiger partial charge in [-0.1, -0.05) is 274 Å². The number of rotatable bonds is 17. The predicted molar refractivity (Wildman–Crippen MR) is 477 cm³/mol. The number of hydrogen-bond acceptors (Lipinski definition) is 0. The lowest BCUT2D eigenvalue weighted by atomic mass is 9.85. The van der Waals surface area contributed by atoms with Crippen LogP contribution in [0.1, 0.15) is 214 Å². The lowest BCUT2D eigenvalue weighted by molar-refractivity contribution is -0.660. The number of aromatic nitrogens is 4. The molecule has 4 heterocycles. The molecule has 8 heteroatoms. The van der Waals surface area contributed by atoms with Crippen LogP contribution in [0.5, 0.6) is 0 Å². The van der Waals surface area contributed by atoms with E-state index in [1.165, 1.54) is 165 Å². The molecule has 0 radical (unpaired) electrons. The lowest BCUT2D eigenvalue weighted by Crippen LogP contribution is -2.45. The second-order valence-electron chi connectivity index (χ2n) is 41.6. The predicted octanol–water partition coefficient (Wildman–Crippen LogP) is 22.7. The minimum absolute atomic E-state index is 0.186. The van der Waals surface area contributed by atoms with Crippen molar-refractivity contribution in [2.75, 3.05) is 0 Å². The smallest absolute Gasteiger partial charge is 0.201 e. The van der Waals surface area contributed by atoms with Gasteiger partial charge in [0.15, 0.2) is 24.8 Å². The maximum atomic E-state index is 2.54. The molecule has 0 atom stereocenters. The Balaban J connectivity index is 0.000000197. The fourth-order valence-electron chi connectivity index (χ4n) is 16.8. The normalized spacial score (nSPS) is 14.3. The van der Waals surface area contributed by atoms with E-state index in [2.05, 4.69) is 371 Å². The monoisotopic (exact) mass is 1500 g/mol. The first-order valence-electron chi connectivity index (χ1n) is 41.3. The molecule has 2 aliphatic rings. The summed E-state index contributed by atoms with van der Waals surface area (Å²) in [5, 5.41) is 6.53. The first-order valence-corrected chi connectivity index (χ1v) is 55.3. The third kappa shape index (κ3) is 24.2. The summed E-state index contributed by atoms with van der Waals surface area (Å²) >= 11 is 0. The van der Waals surface area contributed by atoms with E-state index in [0.29, 0.717) is 22.7 Å². The van der Waals surface area contributed by atoms with Gasteiger partial charge in [-0.15, -0.1) is 0 Å². The maximum Gasteiger partial charge on any atom is 0.212 e. The second kappa shape index (κ2) is 35.1. The van der Waals surface area contributed by atoms with E-state index in [4.69, 9.17) is 0 Å². The molecule has 0 bridgehead atoms. The van der Waals surface area contributed by atoms with Gasteiger partial charge in [0, 0.05) is 68.8 Å². The molecule has 0 aliphatic heterocycles. The van der Waals surface area contributed by atoms with Crippen molar-refractivity contribution in [2.24, 2.45) is 56.8 Å². The summed E-state index contributed by atoms with van der Waals surface area (Å²) in [6, 6.07) is 37.9. The average molecular weight is 1500 g/mol. The Hall–Kier alpha value is -5.65. The van der Waals surface area contributed by atoms with Crippen molar-refractivity contribution in [2.45, 2.75) is 298 Å². The molecular weight excluding hydrogens is 1350 g/mol. The van der Waals surface area contributed by atoms with E-state index in [1.54, 1.807) is 31.9 Å². The third-order valence-electron chi connectivity index (χ3n) is 22.5. The SMILES string of the molecule is Cc1cc(C(C)(C)C)ccc1-c1cc([Si](C)(C)C)c(CC(C)(C)C)c[n+]1C.Cc1cc(CC(C)C)ccc1-c1cc([Si](C)(C)C)c(CC(C)(C)C)c[n+]1C.Cc1ccc(C(C)C)cc1-c1cc([Si](C)(C)C)c(CC2CCCC2)c[n+]1C.Cc1ccc(C)c(-c2cc([Si](C)(C)C)c(CC3CCCC3)c[n+]2C)c1. The fraction of sp³-hybridized carbons (Fsp3) is 0.551. The van der Waals surface area contributed by atoms with Crippen molar-refractivity contribution in [3.63, 3.8) is 0 Å². The molecule has 0 N–H and O–H groups in total. The van der Waals surface area contributed by atoms with Crippen molar-refractivity contribution in [1.29, 1.82) is 0 Å². The van der Waals surface area contributed by atoms with Gasteiger partial charge in [-0.25, -0.2) is 18.3 Å². The Morgan fingerprint density at radius 3 is 1.05 bits per heavy atom. The topological polar surface area (TPSA) is 15.5 Å². The summed E-state index contributed by atoms with van der Waals surface area (Å²) in [5.74, 6) is 3.06. The molecular formula is C98H152N4Si4+4. The summed E-state index contributed by atoms with van der Waals surface area (Å²) in [4.78, 5) is 0. The Kier molecular flexibility index (Phi) is 29.0. The molecule has 4 aromatic carbocycles. The molecule has 4 nitrogen and oxygen atoms in total. The standard InChI is InChI=1S/C25H38NSi.2C25H40NSi.C23H34NSi/c1-18(2)21-13-12-19(3)23(15-21)24-16-25(27(5,6)7)22(17-26(24)4)14-20-10-8-9-11-20;1-18-14-20(25(5,6)7)12-13-21(18)22-15-23(27(9,10)11)19(17-26(22)8)16-24(2,3)4;1-18(2)13-20-11-12-22(19(3)14-20)23-15-24(27(8,9)10)21(17-26(23)7)16-25(4,5)6;1-17-11-12-18(2)21(13-17)22-15-23(25(4,5)6)20(16-24(22)3)14-19-9-7-8-10-19/h12-13,15-18,20H,8-11,14H2,1-7H3;12-15,17H,16H2,1-11H3;11-12,14-15,17-18H,13,16H2,1-10H3;11-13,15-16,19H,7-10,14H2,1-6H3/q4*+1. The molecule has 0 spiro atoms. The van der Waals surface area contributed by atoms with E-state index in [9.17, 15) is 0 Å². The van der Waals surface area contributed by atoms with Crippen LogP contribution in [-0.4, -0.2) is 32.3 Å². The van der Waals surface area contributed by atoms with Crippen molar-refractivity contribution in [3.8, 4) is 45.0 Å². The number of nitrogens with zero attached hydrogens (tertiary/aromatic N) is 4. The highest BCUT2D eigenvalue weighted by Crippen LogP contribution is 2.35. The van der Waals surface area contributed by atoms with Gasteiger partial charge in [0.1, 0.15) is 28.2 Å². The van der Waals surface area contributed by atoms with Gasteiger partial charge in [-0.05, 0) is 191 Å². The van der Waals surface area contributed by atoms with Crippen molar-refractivity contribution >= 4 is 53.0 Å². The summed E-state index contributed by atoms with van der Waals surface area (Å²) in [5.41, 5.74) is 29.1. The van der Waals surface area contributed by atoms with Crippen LogP contribution < -0.4 is 39.0 Å². The molecule has 0 amide bonds. The van der Waals surface area contributed by atoms with Crippen molar-refractivity contribution in [3.05, 3.63) is 189 Å². The lowest BCUT2D eigenvalue weighted by Gasteiger charge is -2.25. The second-order valence-corrected chi connectivity index (χ2v) is 61.7. The van der Waals surface area contributed by atoms with Crippen LogP contribution in [0.25, 0.3) is 45.0 Å². The van der Waals surface area contributed by atoms with Crippen molar-refractivity contribution < 1.29 is 18.3 Å². The molecule has 106 heavy (non-hydrogen) atoms. The highest BCUT2D eigenvalue weighted by molar-refractivity contribution is 6.90. The van der Waals surface area contributed by atoms with E-state index in [-0.39, 0.29) is 5.41 Å². The zero-order valence-corrected chi connectivity index (χ0v) is 78.3. The molecule has 576 valence electrons. The maximum absolute atomic E-state index is 2.54.